The standard InChI is InChI=1S/C15H25N5O/c1-6-20-13(4)15(12(3)18-20)11(2)17-14-9-16-19(10-14)7-8-21-5/h9-11,17H,6-8H2,1-5H3. The summed E-state index contributed by atoms with van der Waals surface area (Å²) in [4.78, 5) is 0. The van der Waals surface area contributed by atoms with Crippen LogP contribution in [0.5, 0.6) is 0 Å². The number of methoxy groups -OCH3 is 1. The highest BCUT2D eigenvalue weighted by Crippen LogP contribution is 2.24. The van der Waals surface area contributed by atoms with E-state index in [1.807, 2.05) is 21.8 Å². The maximum absolute atomic E-state index is 5.06. The van der Waals surface area contributed by atoms with Gasteiger partial charge in [-0.2, -0.15) is 10.2 Å². The van der Waals surface area contributed by atoms with E-state index in [1.165, 1.54) is 11.3 Å². The van der Waals surface area contributed by atoms with Crippen molar-refractivity contribution < 1.29 is 4.74 Å². The quantitative estimate of drug-likeness (QED) is 0.851. The molecule has 0 amide bonds. The second kappa shape index (κ2) is 6.76. The molecule has 2 rings (SSSR count). The van der Waals surface area contributed by atoms with E-state index in [4.69, 9.17) is 4.74 Å². The Morgan fingerprint density at radius 3 is 2.76 bits per heavy atom. The highest BCUT2D eigenvalue weighted by Gasteiger charge is 2.17. The molecule has 0 aliphatic rings. The van der Waals surface area contributed by atoms with E-state index < -0.39 is 0 Å². The Morgan fingerprint density at radius 1 is 1.38 bits per heavy atom. The van der Waals surface area contributed by atoms with Gasteiger partial charge >= 0.3 is 0 Å². The van der Waals surface area contributed by atoms with Gasteiger partial charge in [0.25, 0.3) is 0 Å². The van der Waals surface area contributed by atoms with Crippen molar-refractivity contribution in [1.29, 1.82) is 0 Å². The number of rotatable bonds is 7. The molecule has 0 aliphatic carbocycles. The molecular weight excluding hydrogens is 266 g/mol. The molecule has 0 saturated carbocycles. The van der Waals surface area contributed by atoms with Crippen molar-refractivity contribution in [1.82, 2.24) is 19.6 Å². The predicted octanol–water partition coefficient (Wildman–Crippen LogP) is 2.54. The van der Waals surface area contributed by atoms with Crippen LogP contribution in [0.4, 0.5) is 5.69 Å². The maximum atomic E-state index is 5.06. The number of nitrogens with zero attached hydrogens (tertiary/aromatic N) is 4. The van der Waals surface area contributed by atoms with Crippen LogP contribution in [0.2, 0.25) is 0 Å². The lowest BCUT2D eigenvalue weighted by Gasteiger charge is -2.14. The Hall–Kier alpha value is -1.82. The molecule has 1 atom stereocenters. The topological polar surface area (TPSA) is 56.9 Å². The van der Waals surface area contributed by atoms with Gasteiger partial charge in [0.2, 0.25) is 0 Å². The van der Waals surface area contributed by atoms with E-state index >= 15 is 0 Å². The van der Waals surface area contributed by atoms with Gasteiger partial charge < -0.3 is 10.1 Å². The van der Waals surface area contributed by atoms with Crippen molar-refractivity contribution in [3.8, 4) is 0 Å². The molecule has 116 valence electrons. The largest absolute Gasteiger partial charge is 0.383 e. The van der Waals surface area contributed by atoms with Crippen molar-refractivity contribution in [3.63, 3.8) is 0 Å². The molecule has 1 unspecified atom stereocenters. The fourth-order valence-corrected chi connectivity index (χ4v) is 2.71. The fourth-order valence-electron chi connectivity index (χ4n) is 2.71. The van der Waals surface area contributed by atoms with E-state index in [2.05, 4.69) is 43.2 Å². The minimum atomic E-state index is 0.199. The molecule has 0 bridgehead atoms. The third-order valence-electron chi connectivity index (χ3n) is 3.71. The summed E-state index contributed by atoms with van der Waals surface area (Å²) in [6.07, 6.45) is 3.85. The van der Waals surface area contributed by atoms with Crippen molar-refractivity contribution in [2.75, 3.05) is 19.0 Å². The van der Waals surface area contributed by atoms with Crippen molar-refractivity contribution >= 4 is 5.69 Å². The number of aromatic nitrogens is 4. The van der Waals surface area contributed by atoms with Crippen LogP contribution in [0.25, 0.3) is 0 Å². The van der Waals surface area contributed by atoms with E-state index in [0.717, 1.165) is 24.5 Å². The highest BCUT2D eigenvalue weighted by molar-refractivity contribution is 5.43. The Morgan fingerprint density at radius 2 is 2.14 bits per heavy atom. The van der Waals surface area contributed by atoms with Crippen LogP contribution in [0, 0.1) is 13.8 Å². The molecule has 0 radical (unpaired) electrons. The third-order valence-corrected chi connectivity index (χ3v) is 3.71. The van der Waals surface area contributed by atoms with Crippen LogP contribution >= 0.6 is 0 Å². The van der Waals surface area contributed by atoms with Crippen LogP contribution in [0.3, 0.4) is 0 Å². The average Bonchev–Trinajstić information content (AvgIpc) is 3.00. The minimum Gasteiger partial charge on any atom is -0.383 e. The molecule has 6 heteroatoms. The van der Waals surface area contributed by atoms with Gasteiger partial charge in [-0.1, -0.05) is 0 Å². The Kier molecular flexibility index (Phi) is 5.01. The first-order valence-electron chi connectivity index (χ1n) is 7.38. The molecule has 21 heavy (non-hydrogen) atoms. The van der Waals surface area contributed by atoms with Crippen molar-refractivity contribution in [2.45, 2.75) is 46.8 Å². The number of aryl methyl sites for hydroxylation is 2. The van der Waals surface area contributed by atoms with E-state index in [0.29, 0.717) is 6.61 Å². The number of nitrogens with one attached hydrogen (secondary N) is 1. The van der Waals surface area contributed by atoms with Gasteiger partial charge in [0.15, 0.2) is 0 Å². The molecule has 0 aromatic carbocycles. The van der Waals surface area contributed by atoms with Crippen LogP contribution < -0.4 is 5.32 Å². The minimum absolute atomic E-state index is 0.199. The summed E-state index contributed by atoms with van der Waals surface area (Å²) in [5, 5.41) is 12.4. The summed E-state index contributed by atoms with van der Waals surface area (Å²) in [6.45, 7) is 10.8. The Balaban J connectivity index is 2.09. The summed E-state index contributed by atoms with van der Waals surface area (Å²) >= 11 is 0. The zero-order valence-electron chi connectivity index (χ0n) is 13.6. The zero-order valence-corrected chi connectivity index (χ0v) is 13.6. The summed E-state index contributed by atoms with van der Waals surface area (Å²) < 4.78 is 8.99. The zero-order chi connectivity index (χ0) is 15.4. The molecule has 0 fully saturated rings. The van der Waals surface area contributed by atoms with Crippen LogP contribution in [0.1, 0.15) is 36.8 Å². The van der Waals surface area contributed by atoms with Gasteiger partial charge in [0.1, 0.15) is 0 Å². The van der Waals surface area contributed by atoms with Gasteiger partial charge in [-0.3, -0.25) is 9.36 Å². The number of anilines is 1. The van der Waals surface area contributed by atoms with Gasteiger partial charge in [-0.25, -0.2) is 0 Å². The molecular formula is C15H25N5O. The number of hydrogen-bond donors (Lipinski definition) is 1. The van der Waals surface area contributed by atoms with Gasteiger partial charge in [-0.15, -0.1) is 0 Å². The second-order valence-electron chi connectivity index (χ2n) is 5.25. The van der Waals surface area contributed by atoms with Gasteiger partial charge in [-0.05, 0) is 27.7 Å². The first-order valence-corrected chi connectivity index (χ1v) is 7.38. The molecule has 2 heterocycles. The van der Waals surface area contributed by atoms with E-state index in [9.17, 15) is 0 Å². The smallest absolute Gasteiger partial charge is 0.0731 e. The lowest BCUT2D eigenvalue weighted by Crippen LogP contribution is -2.09. The van der Waals surface area contributed by atoms with E-state index in [1.54, 1.807) is 7.11 Å². The molecule has 2 aromatic heterocycles. The summed E-state index contributed by atoms with van der Waals surface area (Å²) in [5.74, 6) is 0. The highest BCUT2D eigenvalue weighted by atomic mass is 16.5. The SMILES string of the molecule is CCn1nc(C)c(C(C)Nc2cnn(CCOC)c2)c1C. The number of ether oxygens (including phenoxy) is 1. The summed E-state index contributed by atoms with van der Waals surface area (Å²) in [5.41, 5.74) is 4.59. The van der Waals surface area contributed by atoms with Crippen molar-refractivity contribution in [2.24, 2.45) is 0 Å². The van der Waals surface area contributed by atoms with Crippen LogP contribution in [-0.4, -0.2) is 33.3 Å². The first kappa shape index (κ1) is 15.6. The lowest BCUT2D eigenvalue weighted by atomic mass is 10.1. The van der Waals surface area contributed by atoms with Gasteiger partial charge in [0.05, 0.1) is 36.8 Å². The first-order chi connectivity index (χ1) is 10.1. The molecule has 0 saturated heterocycles. The molecule has 2 aromatic rings. The summed E-state index contributed by atoms with van der Waals surface area (Å²) in [6, 6.07) is 0.199. The monoisotopic (exact) mass is 291 g/mol. The Bertz CT molecular complexity index is 587. The second-order valence-corrected chi connectivity index (χ2v) is 5.25. The molecule has 0 aliphatic heterocycles. The normalized spacial score (nSPS) is 12.6. The van der Waals surface area contributed by atoms with E-state index in [-0.39, 0.29) is 6.04 Å². The lowest BCUT2D eigenvalue weighted by molar-refractivity contribution is 0.183. The van der Waals surface area contributed by atoms with Crippen molar-refractivity contribution in [3.05, 3.63) is 29.3 Å². The molecule has 1 N–H and O–H groups in total. The fraction of sp³-hybridized carbons (Fsp3) is 0.600. The Labute approximate surface area is 126 Å². The summed E-state index contributed by atoms with van der Waals surface area (Å²) in [7, 11) is 1.70. The van der Waals surface area contributed by atoms with Crippen LogP contribution in [-0.2, 0) is 17.8 Å². The molecule has 0 spiro atoms. The molecule has 6 nitrogen and oxygen atoms in total. The van der Waals surface area contributed by atoms with Crippen LogP contribution in [0.15, 0.2) is 12.4 Å². The number of hydrogen-bond acceptors (Lipinski definition) is 4. The van der Waals surface area contributed by atoms with Gasteiger partial charge in [0, 0.05) is 31.1 Å². The third kappa shape index (κ3) is 3.44. The maximum Gasteiger partial charge on any atom is 0.0731 e. The predicted molar refractivity (Wildman–Crippen MR) is 83.5 cm³/mol. The average molecular weight is 291 g/mol.